The number of esters is 1. The molecule has 0 heterocycles. The van der Waals surface area contributed by atoms with Crippen molar-refractivity contribution in [1.29, 1.82) is 0 Å². The first kappa shape index (κ1) is 21.5. The van der Waals surface area contributed by atoms with Gasteiger partial charge in [-0.1, -0.05) is 84.9 Å². The third-order valence-corrected chi connectivity index (χ3v) is 5.58. The van der Waals surface area contributed by atoms with Crippen LogP contribution in [-0.2, 0) is 22.6 Å². The number of ketones is 1. The van der Waals surface area contributed by atoms with Crippen LogP contribution in [0, 0.1) is 0 Å². The number of benzene rings is 4. The average molecular weight is 424 g/mol. The van der Waals surface area contributed by atoms with Gasteiger partial charge in [0.25, 0.3) is 0 Å². The fourth-order valence-electron chi connectivity index (χ4n) is 3.78. The summed E-state index contributed by atoms with van der Waals surface area (Å²) in [4.78, 5) is 25.1. The number of hydrogen-bond donors (Lipinski definition) is 1. The second-order valence-electron chi connectivity index (χ2n) is 7.80. The number of ether oxygens (including phenoxy) is 1. The first-order valence-electron chi connectivity index (χ1n) is 10.7. The molecular formula is C28H25NO3. The number of carbonyl (C=O) groups excluding carboxylic acids is 2. The van der Waals surface area contributed by atoms with E-state index in [1.54, 1.807) is 24.3 Å². The highest BCUT2D eigenvalue weighted by Gasteiger charge is 2.19. The van der Waals surface area contributed by atoms with Crippen LogP contribution in [0.1, 0.15) is 33.0 Å². The summed E-state index contributed by atoms with van der Waals surface area (Å²) in [5.74, 6) is -0.645. The highest BCUT2D eigenvalue weighted by molar-refractivity contribution is 5.90. The van der Waals surface area contributed by atoms with Crippen molar-refractivity contribution in [2.75, 3.05) is 6.54 Å². The molecule has 0 aliphatic carbocycles. The fraction of sp³-hybridized carbons (Fsp3) is 0.143. The Labute approximate surface area is 187 Å². The predicted octanol–water partition coefficient (Wildman–Crippen LogP) is 5.05. The average Bonchev–Trinajstić information content (AvgIpc) is 2.84. The maximum absolute atomic E-state index is 13.0. The molecule has 160 valence electrons. The third kappa shape index (κ3) is 5.10. The van der Waals surface area contributed by atoms with Crippen molar-refractivity contribution < 1.29 is 14.3 Å². The Bertz CT molecular complexity index is 1220. The van der Waals surface area contributed by atoms with Gasteiger partial charge in [0.15, 0.2) is 0 Å². The standard InChI is InChI=1S/C28H25NO3/c29-18-26(27(30)17-21-12-13-22-6-4-5-9-25(22)16-21)23-14-10-20(11-15-23)19-32-28(31)24-7-2-1-3-8-24/h1-16,26H,17-19,29H2/t26-/m0/s1. The molecule has 2 N–H and O–H groups in total. The van der Waals surface area contributed by atoms with Gasteiger partial charge in [-0.2, -0.15) is 0 Å². The van der Waals surface area contributed by atoms with Crippen LogP contribution in [0.25, 0.3) is 10.8 Å². The molecule has 0 aliphatic heterocycles. The molecule has 0 saturated carbocycles. The summed E-state index contributed by atoms with van der Waals surface area (Å²) in [6, 6.07) is 30.6. The molecule has 0 radical (unpaired) electrons. The number of nitrogens with two attached hydrogens (primary N) is 1. The molecule has 4 aromatic carbocycles. The largest absolute Gasteiger partial charge is 0.457 e. The zero-order valence-corrected chi connectivity index (χ0v) is 17.7. The monoisotopic (exact) mass is 423 g/mol. The molecule has 0 saturated heterocycles. The Balaban J connectivity index is 1.39. The lowest BCUT2D eigenvalue weighted by atomic mass is 9.90. The lowest BCUT2D eigenvalue weighted by molar-refractivity contribution is -0.119. The van der Waals surface area contributed by atoms with Crippen molar-refractivity contribution in [2.24, 2.45) is 5.73 Å². The maximum atomic E-state index is 13.0. The van der Waals surface area contributed by atoms with Crippen LogP contribution in [0.3, 0.4) is 0 Å². The minimum atomic E-state index is -0.373. The van der Waals surface area contributed by atoms with E-state index in [9.17, 15) is 9.59 Å². The van der Waals surface area contributed by atoms with E-state index in [2.05, 4.69) is 12.1 Å². The molecule has 0 amide bonds. The second kappa shape index (κ2) is 10.0. The summed E-state index contributed by atoms with van der Waals surface area (Å²) < 4.78 is 5.37. The van der Waals surface area contributed by atoms with Gasteiger partial charge in [0, 0.05) is 13.0 Å². The van der Waals surface area contributed by atoms with E-state index >= 15 is 0 Å². The first-order valence-corrected chi connectivity index (χ1v) is 10.7. The van der Waals surface area contributed by atoms with Gasteiger partial charge in [-0.25, -0.2) is 4.79 Å². The van der Waals surface area contributed by atoms with Gasteiger partial charge in [0.2, 0.25) is 0 Å². The highest BCUT2D eigenvalue weighted by atomic mass is 16.5. The molecule has 4 heteroatoms. The lowest BCUT2D eigenvalue weighted by Gasteiger charge is -2.15. The fourth-order valence-corrected chi connectivity index (χ4v) is 3.78. The van der Waals surface area contributed by atoms with Crippen LogP contribution < -0.4 is 5.73 Å². The van der Waals surface area contributed by atoms with Crippen LogP contribution in [-0.4, -0.2) is 18.3 Å². The normalized spacial score (nSPS) is 11.8. The third-order valence-electron chi connectivity index (χ3n) is 5.58. The van der Waals surface area contributed by atoms with Gasteiger partial charge >= 0.3 is 5.97 Å². The van der Waals surface area contributed by atoms with Crippen LogP contribution in [0.5, 0.6) is 0 Å². The van der Waals surface area contributed by atoms with E-state index in [0.717, 1.165) is 27.5 Å². The molecule has 4 aromatic rings. The Morgan fingerprint density at radius 2 is 1.41 bits per heavy atom. The minimum Gasteiger partial charge on any atom is -0.457 e. The first-order chi connectivity index (χ1) is 15.6. The SMILES string of the molecule is NC[C@H](C(=O)Cc1ccc2ccccc2c1)c1ccc(COC(=O)c2ccccc2)cc1. The molecule has 0 aromatic heterocycles. The van der Waals surface area contributed by atoms with Crippen molar-refractivity contribution >= 4 is 22.5 Å². The molecule has 0 unspecified atom stereocenters. The second-order valence-corrected chi connectivity index (χ2v) is 7.80. The molecule has 0 spiro atoms. The number of hydrogen-bond acceptors (Lipinski definition) is 4. The zero-order chi connectivity index (χ0) is 22.3. The Hall–Kier alpha value is -3.76. The van der Waals surface area contributed by atoms with Gasteiger partial charge < -0.3 is 10.5 Å². The number of rotatable bonds is 8. The van der Waals surface area contributed by atoms with Crippen LogP contribution >= 0.6 is 0 Å². The highest BCUT2D eigenvalue weighted by Crippen LogP contribution is 2.21. The summed E-state index contributed by atoms with van der Waals surface area (Å²) in [5, 5.41) is 2.28. The van der Waals surface area contributed by atoms with E-state index in [4.69, 9.17) is 10.5 Å². The van der Waals surface area contributed by atoms with E-state index in [-0.39, 0.29) is 30.8 Å². The number of carbonyl (C=O) groups is 2. The van der Waals surface area contributed by atoms with Gasteiger partial charge in [0.1, 0.15) is 12.4 Å². The molecule has 32 heavy (non-hydrogen) atoms. The molecule has 0 aliphatic rings. The minimum absolute atomic E-state index is 0.0889. The summed E-state index contributed by atoms with van der Waals surface area (Å²) in [7, 11) is 0. The summed E-state index contributed by atoms with van der Waals surface area (Å²) in [5.41, 5.74) is 9.19. The summed E-state index contributed by atoms with van der Waals surface area (Å²) in [6.45, 7) is 0.418. The summed E-state index contributed by atoms with van der Waals surface area (Å²) in [6.07, 6.45) is 0.336. The number of fused-ring (bicyclic) bond motifs is 1. The van der Waals surface area contributed by atoms with E-state index in [1.807, 2.05) is 60.7 Å². The van der Waals surface area contributed by atoms with Crippen molar-refractivity contribution in [3.8, 4) is 0 Å². The van der Waals surface area contributed by atoms with Crippen molar-refractivity contribution in [3.63, 3.8) is 0 Å². The van der Waals surface area contributed by atoms with Gasteiger partial charge in [-0.3, -0.25) is 4.79 Å². The van der Waals surface area contributed by atoms with Crippen LogP contribution in [0.15, 0.2) is 97.1 Å². The van der Waals surface area contributed by atoms with Crippen LogP contribution in [0.2, 0.25) is 0 Å². The van der Waals surface area contributed by atoms with Gasteiger partial charge in [-0.15, -0.1) is 0 Å². The summed E-state index contributed by atoms with van der Waals surface area (Å²) >= 11 is 0. The van der Waals surface area contributed by atoms with Crippen molar-refractivity contribution in [3.05, 3.63) is 119 Å². The zero-order valence-electron chi connectivity index (χ0n) is 17.7. The van der Waals surface area contributed by atoms with Gasteiger partial charge in [0.05, 0.1) is 11.5 Å². The Kier molecular flexibility index (Phi) is 6.73. The Morgan fingerprint density at radius 3 is 2.12 bits per heavy atom. The van der Waals surface area contributed by atoms with Gasteiger partial charge in [-0.05, 0) is 39.6 Å². The maximum Gasteiger partial charge on any atom is 0.338 e. The molecule has 0 fully saturated rings. The topological polar surface area (TPSA) is 69.4 Å². The quantitative estimate of drug-likeness (QED) is 0.403. The van der Waals surface area contributed by atoms with E-state index < -0.39 is 0 Å². The number of Topliss-reactive ketones (excluding diaryl/α,β-unsaturated/α-hetero) is 1. The van der Waals surface area contributed by atoms with Crippen LogP contribution in [0.4, 0.5) is 0 Å². The van der Waals surface area contributed by atoms with Crippen molar-refractivity contribution in [2.45, 2.75) is 18.9 Å². The van der Waals surface area contributed by atoms with Crippen molar-refractivity contribution in [1.82, 2.24) is 0 Å². The smallest absolute Gasteiger partial charge is 0.338 e. The molecule has 0 bridgehead atoms. The van der Waals surface area contributed by atoms with E-state index in [0.29, 0.717) is 12.0 Å². The molecule has 4 rings (SSSR count). The molecular weight excluding hydrogens is 398 g/mol. The predicted molar refractivity (Wildman–Crippen MR) is 126 cm³/mol. The molecule has 4 nitrogen and oxygen atoms in total. The Morgan fingerprint density at radius 1 is 0.750 bits per heavy atom. The van der Waals surface area contributed by atoms with E-state index in [1.165, 1.54) is 0 Å². The lowest BCUT2D eigenvalue weighted by Crippen LogP contribution is -2.23. The molecule has 1 atom stereocenters.